The van der Waals surface area contributed by atoms with Crippen molar-refractivity contribution in [1.29, 1.82) is 0 Å². The van der Waals surface area contributed by atoms with Crippen LogP contribution in [0.15, 0.2) is 41.8 Å². The number of sulfonamides is 1. The molecule has 0 amide bonds. The van der Waals surface area contributed by atoms with Gasteiger partial charge in [-0.1, -0.05) is 44.2 Å². The smallest absolute Gasteiger partial charge is 0.236 e. The van der Waals surface area contributed by atoms with E-state index in [-0.39, 0.29) is 25.2 Å². The molecule has 0 bridgehead atoms. The Kier molecular flexibility index (Phi) is 7.00. The second kappa shape index (κ2) is 9.47. The first-order chi connectivity index (χ1) is 13.8. The Hall–Kier alpha value is -2.29. The Labute approximate surface area is 172 Å². The van der Waals surface area contributed by atoms with Crippen LogP contribution >= 0.6 is 0 Å². The number of hydrogen-bond donors (Lipinski definition) is 0. The maximum absolute atomic E-state index is 12.7. The average molecular weight is 418 g/mol. The summed E-state index contributed by atoms with van der Waals surface area (Å²) >= 11 is 0. The molecule has 7 nitrogen and oxygen atoms in total. The van der Waals surface area contributed by atoms with Crippen molar-refractivity contribution < 1.29 is 17.9 Å². The van der Waals surface area contributed by atoms with Gasteiger partial charge in [0, 0.05) is 36.2 Å². The van der Waals surface area contributed by atoms with Crippen molar-refractivity contribution in [1.82, 2.24) is 14.3 Å². The monoisotopic (exact) mass is 417 g/mol. The lowest BCUT2D eigenvalue weighted by atomic mass is 10.2. The Morgan fingerprint density at radius 1 is 1.28 bits per heavy atom. The van der Waals surface area contributed by atoms with Crippen LogP contribution in [0.5, 0.6) is 5.88 Å². The van der Waals surface area contributed by atoms with E-state index in [9.17, 15) is 8.42 Å². The molecule has 1 saturated heterocycles. The topological polar surface area (TPSA) is 81.6 Å². The van der Waals surface area contributed by atoms with E-state index in [0.29, 0.717) is 19.0 Å². The van der Waals surface area contributed by atoms with E-state index in [1.54, 1.807) is 12.1 Å². The maximum atomic E-state index is 12.7. The lowest BCUT2D eigenvalue weighted by Gasteiger charge is -2.31. The SMILES string of the molecule is Cc1cc(OCC2CN(S(=O)(=O)/C=C/c3ccccc3)CCO2)nc(C(C)C)n1. The summed E-state index contributed by atoms with van der Waals surface area (Å²) in [5.41, 5.74) is 1.67. The number of morpholine rings is 1. The second-order valence-corrected chi connectivity index (χ2v) is 9.10. The molecule has 156 valence electrons. The average Bonchev–Trinajstić information content (AvgIpc) is 2.71. The highest BCUT2D eigenvalue weighted by Gasteiger charge is 2.28. The second-order valence-electron chi connectivity index (χ2n) is 7.28. The lowest BCUT2D eigenvalue weighted by Crippen LogP contribution is -2.46. The third-order valence-corrected chi connectivity index (χ3v) is 6.01. The molecule has 0 radical (unpaired) electrons. The van der Waals surface area contributed by atoms with E-state index < -0.39 is 10.0 Å². The molecule has 1 aliphatic rings. The van der Waals surface area contributed by atoms with E-state index in [2.05, 4.69) is 9.97 Å². The van der Waals surface area contributed by atoms with Crippen LogP contribution in [0.4, 0.5) is 0 Å². The largest absolute Gasteiger partial charge is 0.475 e. The molecule has 1 aliphatic heterocycles. The molecule has 0 aliphatic carbocycles. The van der Waals surface area contributed by atoms with Gasteiger partial charge in [-0.15, -0.1) is 0 Å². The quantitative estimate of drug-likeness (QED) is 0.689. The Morgan fingerprint density at radius 3 is 2.76 bits per heavy atom. The lowest BCUT2D eigenvalue weighted by molar-refractivity contribution is -0.0254. The molecule has 2 heterocycles. The number of benzene rings is 1. The standard InChI is InChI=1S/C21H27N3O4S/c1-16(2)21-22-17(3)13-20(23-21)28-15-19-14-24(10-11-27-19)29(25,26)12-9-18-7-5-4-6-8-18/h4-9,12-13,16,19H,10-11,14-15H2,1-3H3/b12-9+. The molecule has 1 unspecified atom stereocenters. The summed E-state index contributed by atoms with van der Waals surface area (Å²) in [6, 6.07) is 11.1. The van der Waals surface area contributed by atoms with Crippen molar-refractivity contribution in [3.8, 4) is 5.88 Å². The van der Waals surface area contributed by atoms with Crippen molar-refractivity contribution >= 4 is 16.1 Å². The number of nitrogens with zero attached hydrogens (tertiary/aromatic N) is 3. The van der Waals surface area contributed by atoms with E-state index in [1.165, 1.54) is 9.71 Å². The van der Waals surface area contributed by atoms with Crippen molar-refractivity contribution in [2.24, 2.45) is 0 Å². The van der Waals surface area contributed by atoms with Crippen LogP contribution in [0.25, 0.3) is 6.08 Å². The van der Waals surface area contributed by atoms with E-state index in [1.807, 2.05) is 51.1 Å². The number of aromatic nitrogens is 2. The molecule has 1 aromatic heterocycles. The fraction of sp³-hybridized carbons (Fsp3) is 0.429. The molecule has 0 saturated carbocycles. The number of rotatable bonds is 7. The first-order valence-electron chi connectivity index (χ1n) is 9.67. The highest BCUT2D eigenvalue weighted by Crippen LogP contribution is 2.17. The maximum Gasteiger partial charge on any atom is 0.236 e. The summed E-state index contributed by atoms with van der Waals surface area (Å²) in [5, 5.41) is 1.24. The first-order valence-corrected chi connectivity index (χ1v) is 11.2. The Bertz CT molecular complexity index is 946. The van der Waals surface area contributed by atoms with Gasteiger partial charge in [-0.05, 0) is 18.6 Å². The Morgan fingerprint density at radius 2 is 2.03 bits per heavy atom. The number of hydrogen-bond acceptors (Lipinski definition) is 6. The first kappa shape index (κ1) is 21.4. The van der Waals surface area contributed by atoms with Gasteiger partial charge in [0.05, 0.1) is 6.61 Å². The molecule has 0 N–H and O–H groups in total. The summed E-state index contributed by atoms with van der Waals surface area (Å²) in [4.78, 5) is 8.82. The Balaban J connectivity index is 1.61. The summed E-state index contributed by atoms with van der Waals surface area (Å²) in [7, 11) is -3.53. The van der Waals surface area contributed by atoms with Gasteiger partial charge in [-0.25, -0.2) is 13.4 Å². The van der Waals surface area contributed by atoms with Gasteiger partial charge in [0.2, 0.25) is 15.9 Å². The van der Waals surface area contributed by atoms with Crippen molar-refractivity contribution in [2.75, 3.05) is 26.3 Å². The molecule has 8 heteroatoms. The zero-order valence-electron chi connectivity index (χ0n) is 17.0. The van der Waals surface area contributed by atoms with Crippen LogP contribution in [0.3, 0.4) is 0 Å². The predicted octanol–water partition coefficient (Wildman–Crippen LogP) is 2.99. The van der Waals surface area contributed by atoms with Crippen molar-refractivity contribution in [3.05, 3.63) is 58.9 Å². The van der Waals surface area contributed by atoms with Crippen LogP contribution in [-0.4, -0.2) is 55.1 Å². The molecule has 1 fully saturated rings. The van der Waals surface area contributed by atoms with E-state index in [0.717, 1.165) is 17.1 Å². The van der Waals surface area contributed by atoms with Gasteiger partial charge in [-0.2, -0.15) is 9.29 Å². The fourth-order valence-electron chi connectivity index (χ4n) is 2.91. The van der Waals surface area contributed by atoms with Gasteiger partial charge in [-0.3, -0.25) is 0 Å². The fourth-order valence-corrected chi connectivity index (χ4v) is 4.12. The van der Waals surface area contributed by atoms with Gasteiger partial charge < -0.3 is 9.47 Å². The van der Waals surface area contributed by atoms with Crippen LogP contribution in [0, 0.1) is 6.92 Å². The van der Waals surface area contributed by atoms with Crippen molar-refractivity contribution in [2.45, 2.75) is 32.8 Å². The van der Waals surface area contributed by atoms with Crippen molar-refractivity contribution in [3.63, 3.8) is 0 Å². The van der Waals surface area contributed by atoms with E-state index in [4.69, 9.17) is 9.47 Å². The minimum atomic E-state index is -3.53. The summed E-state index contributed by atoms with van der Waals surface area (Å²) in [5.74, 6) is 1.40. The third-order valence-electron chi connectivity index (χ3n) is 4.47. The van der Waals surface area contributed by atoms with Crippen LogP contribution in [-0.2, 0) is 14.8 Å². The third kappa shape index (κ3) is 6.09. The molecular weight excluding hydrogens is 390 g/mol. The molecule has 1 aromatic carbocycles. The van der Waals surface area contributed by atoms with Gasteiger partial charge in [0.25, 0.3) is 0 Å². The van der Waals surface area contributed by atoms with Gasteiger partial charge in [0.15, 0.2) is 0 Å². The molecule has 29 heavy (non-hydrogen) atoms. The zero-order valence-corrected chi connectivity index (χ0v) is 17.8. The predicted molar refractivity (Wildman–Crippen MR) is 112 cm³/mol. The zero-order chi connectivity index (χ0) is 20.9. The minimum Gasteiger partial charge on any atom is -0.475 e. The van der Waals surface area contributed by atoms with Crippen LogP contribution in [0.1, 0.15) is 36.8 Å². The molecule has 2 aromatic rings. The number of aryl methyl sites for hydroxylation is 1. The highest BCUT2D eigenvalue weighted by atomic mass is 32.2. The molecule has 0 spiro atoms. The molecule has 3 rings (SSSR count). The van der Waals surface area contributed by atoms with Gasteiger partial charge >= 0.3 is 0 Å². The normalized spacial score (nSPS) is 18.4. The van der Waals surface area contributed by atoms with Crippen LogP contribution in [0.2, 0.25) is 0 Å². The summed E-state index contributed by atoms with van der Waals surface area (Å²) < 4.78 is 38.2. The summed E-state index contributed by atoms with van der Waals surface area (Å²) in [6.07, 6.45) is 1.24. The number of ether oxygens (including phenoxy) is 2. The van der Waals surface area contributed by atoms with Gasteiger partial charge in [0.1, 0.15) is 18.5 Å². The summed E-state index contributed by atoms with van der Waals surface area (Å²) in [6.45, 7) is 7.05. The van der Waals surface area contributed by atoms with Crippen LogP contribution < -0.4 is 4.74 Å². The minimum absolute atomic E-state index is 0.195. The molecule has 1 atom stereocenters. The molecular formula is C21H27N3O4S. The highest BCUT2D eigenvalue weighted by molar-refractivity contribution is 7.92. The van der Waals surface area contributed by atoms with E-state index >= 15 is 0 Å².